The molecular formula is C15H22NO6S-. The van der Waals surface area contributed by atoms with E-state index in [9.17, 15) is 18.4 Å². The highest BCUT2D eigenvalue weighted by Crippen LogP contribution is 2.52. The van der Waals surface area contributed by atoms with Crippen molar-refractivity contribution in [3.63, 3.8) is 0 Å². The Kier molecular flexibility index (Phi) is 5.59. The molecule has 130 valence electrons. The van der Waals surface area contributed by atoms with Gasteiger partial charge >= 0.3 is 5.97 Å². The number of amides is 1. The Morgan fingerprint density at radius 3 is 2.52 bits per heavy atom. The fraction of sp³-hybridized carbons (Fsp3) is 0.733. The van der Waals surface area contributed by atoms with Crippen LogP contribution in [0.25, 0.3) is 0 Å². The number of ether oxygens (including phenoxy) is 2. The van der Waals surface area contributed by atoms with Crippen molar-refractivity contribution in [2.45, 2.75) is 37.7 Å². The largest absolute Gasteiger partial charge is 0.772 e. The van der Waals surface area contributed by atoms with Gasteiger partial charge in [-0.25, -0.2) is 0 Å². The molecule has 7 nitrogen and oxygen atoms in total. The molecule has 0 spiro atoms. The molecule has 0 saturated heterocycles. The van der Waals surface area contributed by atoms with Crippen LogP contribution in [0.2, 0.25) is 0 Å². The fourth-order valence-corrected chi connectivity index (χ4v) is 4.86. The maximum atomic E-state index is 11.9. The third-order valence-corrected chi connectivity index (χ3v) is 5.93. The van der Waals surface area contributed by atoms with E-state index in [2.05, 4.69) is 11.9 Å². The zero-order valence-electron chi connectivity index (χ0n) is 13.4. The molecular weight excluding hydrogens is 322 g/mol. The highest BCUT2D eigenvalue weighted by molar-refractivity contribution is 7.79. The van der Waals surface area contributed by atoms with Gasteiger partial charge in [0.1, 0.15) is 12.6 Å². The van der Waals surface area contributed by atoms with Crippen LogP contribution in [0.5, 0.6) is 0 Å². The van der Waals surface area contributed by atoms with Gasteiger partial charge in [0, 0.05) is 24.5 Å². The zero-order valence-corrected chi connectivity index (χ0v) is 14.3. The number of nitrogens with one attached hydrogen (secondary N) is 1. The molecule has 0 radical (unpaired) electrons. The first-order valence-corrected chi connectivity index (χ1v) is 8.65. The summed E-state index contributed by atoms with van der Waals surface area (Å²) in [6.07, 6.45) is -0.163. The van der Waals surface area contributed by atoms with Crippen LogP contribution in [0.1, 0.15) is 20.3 Å². The quantitative estimate of drug-likeness (QED) is 0.417. The Labute approximate surface area is 138 Å². The molecule has 0 aliphatic heterocycles. The first-order valence-electron chi connectivity index (χ1n) is 7.52. The standard InChI is InChI=1S/C15H23NO6S/c1-7(2)15(18)16-6-11(17)22-13-9-5-10(14(13)23(19)20)12(21-4)8(9)3/h8-10,12-14H,1,5-6H2,2-4H3,(H,16,18)(H,19,20)/p-1. The van der Waals surface area contributed by atoms with Gasteiger partial charge in [0.2, 0.25) is 5.91 Å². The van der Waals surface area contributed by atoms with Crippen molar-refractivity contribution in [2.24, 2.45) is 17.8 Å². The van der Waals surface area contributed by atoms with Gasteiger partial charge < -0.3 is 19.3 Å². The number of esters is 1. The SMILES string of the molecule is C=C(C)C(=O)NCC(=O)OC1C2CC(C(OC)C2C)C1S(=O)[O-]. The average molecular weight is 344 g/mol. The summed E-state index contributed by atoms with van der Waals surface area (Å²) in [5.41, 5.74) is 0.285. The molecule has 2 bridgehead atoms. The minimum atomic E-state index is -2.35. The molecule has 2 rings (SSSR count). The van der Waals surface area contributed by atoms with Gasteiger partial charge in [0.15, 0.2) is 0 Å². The molecule has 2 aliphatic rings. The zero-order chi connectivity index (χ0) is 17.3. The van der Waals surface area contributed by atoms with Crippen molar-refractivity contribution < 1.29 is 27.8 Å². The molecule has 1 N–H and O–H groups in total. The lowest BCUT2D eigenvalue weighted by molar-refractivity contribution is -0.153. The van der Waals surface area contributed by atoms with Crippen LogP contribution < -0.4 is 5.32 Å². The van der Waals surface area contributed by atoms with Gasteiger partial charge in [0.25, 0.3) is 0 Å². The Balaban J connectivity index is 2.01. The van der Waals surface area contributed by atoms with Gasteiger partial charge in [-0.15, -0.1) is 0 Å². The Morgan fingerprint density at radius 1 is 1.35 bits per heavy atom. The molecule has 0 aromatic heterocycles. The number of carbonyl (C=O) groups is 2. The Morgan fingerprint density at radius 2 is 2.00 bits per heavy atom. The fourth-order valence-electron chi connectivity index (χ4n) is 3.83. The summed E-state index contributed by atoms with van der Waals surface area (Å²) in [4.78, 5) is 23.3. The van der Waals surface area contributed by atoms with Gasteiger partial charge in [-0.3, -0.25) is 13.8 Å². The van der Waals surface area contributed by atoms with E-state index in [0.29, 0.717) is 6.42 Å². The smallest absolute Gasteiger partial charge is 0.325 e. The highest BCUT2D eigenvalue weighted by atomic mass is 32.2. The molecule has 0 aromatic carbocycles. The van der Waals surface area contributed by atoms with Crippen LogP contribution in [-0.4, -0.2) is 51.8 Å². The number of hydrogen-bond donors (Lipinski definition) is 1. The van der Waals surface area contributed by atoms with Crippen LogP contribution in [0.3, 0.4) is 0 Å². The Hall–Kier alpha value is -1.25. The predicted molar refractivity (Wildman–Crippen MR) is 82.0 cm³/mol. The van der Waals surface area contributed by atoms with Gasteiger partial charge in [-0.05, 0) is 30.3 Å². The third kappa shape index (κ3) is 3.49. The van der Waals surface area contributed by atoms with Crippen molar-refractivity contribution in [3.05, 3.63) is 12.2 Å². The number of carbonyl (C=O) groups excluding carboxylic acids is 2. The van der Waals surface area contributed by atoms with Crippen LogP contribution in [0.4, 0.5) is 0 Å². The lowest BCUT2D eigenvalue weighted by Gasteiger charge is -2.39. The van der Waals surface area contributed by atoms with Crippen molar-refractivity contribution in [1.82, 2.24) is 5.32 Å². The molecule has 2 aliphatic carbocycles. The molecule has 8 heteroatoms. The molecule has 23 heavy (non-hydrogen) atoms. The monoisotopic (exact) mass is 344 g/mol. The van der Waals surface area contributed by atoms with E-state index in [-0.39, 0.29) is 36.0 Å². The second-order valence-corrected chi connectivity index (χ2v) is 7.33. The van der Waals surface area contributed by atoms with Gasteiger partial charge in [-0.2, -0.15) is 0 Å². The number of fused-ring (bicyclic) bond motifs is 2. The van der Waals surface area contributed by atoms with Gasteiger partial charge in [0.05, 0.1) is 11.4 Å². The minimum absolute atomic E-state index is 0.0476. The van der Waals surface area contributed by atoms with E-state index >= 15 is 0 Å². The summed E-state index contributed by atoms with van der Waals surface area (Å²) in [7, 11) is 1.57. The molecule has 0 aromatic rings. The van der Waals surface area contributed by atoms with Crippen LogP contribution in [-0.2, 0) is 30.1 Å². The summed E-state index contributed by atoms with van der Waals surface area (Å²) in [5.74, 6) is -1.18. The van der Waals surface area contributed by atoms with Gasteiger partial charge in [-0.1, -0.05) is 13.5 Å². The van der Waals surface area contributed by atoms with Crippen molar-refractivity contribution >= 4 is 23.0 Å². The van der Waals surface area contributed by atoms with E-state index in [1.165, 1.54) is 6.92 Å². The van der Waals surface area contributed by atoms with Crippen LogP contribution in [0, 0.1) is 17.8 Å². The minimum Gasteiger partial charge on any atom is -0.772 e. The molecule has 1 amide bonds. The van der Waals surface area contributed by atoms with E-state index in [4.69, 9.17) is 9.47 Å². The number of rotatable bonds is 6. The number of methoxy groups -OCH3 is 1. The summed E-state index contributed by atoms with van der Waals surface area (Å²) in [6.45, 7) is 6.67. The van der Waals surface area contributed by atoms with Crippen LogP contribution in [0.15, 0.2) is 12.2 Å². The maximum Gasteiger partial charge on any atom is 0.325 e. The molecule has 0 heterocycles. The lowest BCUT2D eigenvalue weighted by atomic mass is 9.85. The molecule has 2 saturated carbocycles. The normalized spacial score (nSPS) is 36.5. The molecule has 7 atom stereocenters. The number of hydrogen-bond acceptors (Lipinski definition) is 6. The highest BCUT2D eigenvalue weighted by Gasteiger charge is 2.59. The van der Waals surface area contributed by atoms with Crippen LogP contribution >= 0.6 is 0 Å². The van der Waals surface area contributed by atoms with E-state index in [0.717, 1.165) is 0 Å². The molecule has 2 fully saturated rings. The summed E-state index contributed by atoms with van der Waals surface area (Å²) >= 11 is -2.35. The second-order valence-electron chi connectivity index (χ2n) is 6.27. The second kappa shape index (κ2) is 7.11. The van der Waals surface area contributed by atoms with E-state index < -0.39 is 34.3 Å². The average Bonchev–Trinajstić information content (AvgIpc) is 2.99. The summed E-state index contributed by atoms with van der Waals surface area (Å²) in [6, 6.07) is 0. The topological polar surface area (TPSA) is 105 Å². The van der Waals surface area contributed by atoms with E-state index in [1.807, 2.05) is 6.92 Å². The van der Waals surface area contributed by atoms with Crippen molar-refractivity contribution in [3.8, 4) is 0 Å². The predicted octanol–water partition coefficient (Wildman–Crippen LogP) is 0.139. The molecule has 7 unspecified atom stereocenters. The maximum absolute atomic E-state index is 11.9. The van der Waals surface area contributed by atoms with Crippen molar-refractivity contribution in [2.75, 3.05) is 13.7 Å². The first-order chi connectivity index (χ1) is 10.8. The third-order valence-electron chi connectivity index (χ3n) is 4.87. The Bertz CT molecular complexity index is 536. The van der Waals surface area contributed by atoms with E-state index in [1.54, 1.807) is 7.11 Å². The summed E-state index contributed by atoms with van der Waals surface area (Å²) in [5, 5.41) is 1.62. The summed E-state index contributed by atoms with van der Waals surface area (Å²) < 4.78 is 34.0. The van der Waals surface area contributed by atoms with Crippen molar-refractivity contribution in [1.29, 1.82) is 0 Å². The lowest BCUT2D eigenvalue weighted by Crippen LogP contribution is -2.49. The first kappa shape index (κ1) is 18.1.